The van der Waals surface area contributed by atoms with Gasteiger partial charge in [0, 0.05) is 24.8 Å². The summed E-state index contributed by atoms with van der Waals surface area (Å²) in [5.41, 5.74) is 3.22. The van der Waals surface area contributed by atoms with E-state index < -0.39 is 0 Å². The maximum absolute atomic E-state index is 5.49. The maximum Gasteiger partial charge on any atom is 0.143 e. The lowest BCUT2D eigenvalue weighted by molar-refractivity contribution is 0.411. The third-order valence-electron chi connectivity index (χ3n) is 4.75. The maximum atomic E-state index is 5.49. The first-order chi connectivity index (χ1) is 12.8. The molecule has 1 N–H and O–H groups in total. The molecule has 4 rings (SSSR count). The molecule has 0 radical (unpaired) electrons. The summed E-state index contributed by atoms with van der Waals surface area (Å²) in [5, 5.41) is 15.0. The SMILES string of the molecule is COc1ccccc1N1CCC(Nc2cccc(-n3cnnn3)c2)CC1. The summed E-state index contributed by atoms with van der Waals surface area (Å²) in [6.07, 6.45) is 3.76. The number of aromatic nitrogens is 4. The van der Waals surface area contributed by atoms with Crippen molar-refractivity contribution in [2.75, 3.05) is 30.4 Å². The van der Waals surface area contributed by atoms with Crippen molar-refractivity contribution >= 4 is 11.4 Å². The highest BCUT2D eigenvalue weighted by Gasteiger charge is 2.21. The van der Waals surface area contributed by atoms with E-state index in [4.69, 9.17) is 4.74 Å². The molecule has 0 bridgehead atoms. The van der Waals surface area contributed by atoms with Gasteiger partial charge in [-0.05, 0) is 53.6 Å². The van der Waals surface area contributed by atoms with Gasteiger partial charge < -0.3 is 15.0 Å². The Kier molecular flexibility index (Phi) is 4.68. The van der Waals surface area contributed by atoms with Gasteiger partial charge in [-0.1, -0.05) is 18.2 Å². The Labute approximate surface area is 152 Å². The number of hydrogen-bond donors (Lipinski definition) is 1. The number of para-hydroxylation sites is 2. The molecule has 0 aliphatic carbocycles. The van der Waals surface area contributed by atoms with Crippen LogP contribution in [0.5, 0.6) is 5.75 Å². The van der Waals surface area contributed by atoms with E-state index in [1.165, 1.54) is 5.69 Å². The van der Waals surface area contributed by atoms with Crippen LogP contribution in [0.3, 0.4) is 0 Å². The van der Waals surface area contributed by atoms with E-state index in [0.717, 1.165) is 43.1 Å². The predicted molar refractivity (Wildman–Crippen MR) is 101 cm³/mol. The number of nitrogens with zero attached hydrogens (tertiary/aromatic N) is 5. The van der Waals surface area contributed by atoms with Crippen LogP contribution in [0, 0.1) is 0 Å². The van der Waals surface area contributed by atoms with E-state index >= 15 is 0 Å². The van der Waals surface area contributed by atoms with Crippen LogP contribution in [0.2, 0.25) is 0 Å². The molecule has 1 saturated heterocycles. The molecule has 7 nitrogen and oxygen atoms in total. The lowest BCUT2D eigenvalue weighted by atomic mass is 10.0. The molecule has 3 aromatic rings. The van der Waals surface area contributed by atoms with Crippen molar-refractivity contribution in [3.63, 3.8) is 0 Å². The van der Waals surface area contributed by atoms with Crippen molar-refractivity contribution in [3.05, 3.63) is 54.9 Å². The van der Waals surface area contributed by atoms with E-state index in [1.54, 1.807) is 18.1 Å². The second-order valence-electron chi connectivity index (χ2n) is 6.38. The normalized spacial score (nSPS) is 15.0. The Balaban J connectivity index is 1.39. The summed E-state index contributed by atoms with van der Waals surface area (Å²) in [6, 6.07) is 16.8. The molecule has 1 fully saturated rings. The third kappa shape index (κ3) is 3.46. The smallest absolute Gasteiger partial charge is 0.143 e. The van der Waals surface area contributed by atoms with Gasteiger partial charge in [-0.2, -0.15) is 0 Å². The van der Waals surface area contributed by atoms with E-state index in [-0.39, 0.29) is 0 Å². The van der Waals surface area contributed by atoms with Crippen LogP contribution in [-0.2, 0) is 0 Å². The van der Waals surface area contributed by atoms with Gasteiger partial charge in [0.05, 0.1) is 18.5 Å². The van der Waals surface area contributed by atoms with Gasteiger partial charge in [0.1, 0.15) is 12.1 Å². The molecular formula is C19H22N6O. The van der Waals surface area contributed by atoms with Crippen LogP contribution >= 0.6 is 0 Å². The molecule has 1 aromatic heterocycles. The monoisotopic (exact) mass is 350 g/mol. The topological polar surface area (TPSA) is 68.1 Å². The number of rotatable bonds is 5. The van der Waals surface area contributed by atoms with Crippen molar-refractivity contribution in [3.8, 4) is 11.4 Å². The minimum atomic E-state index is 0.449. The summed E-state index contributed by atoms with van der Waals surface area (Å²) >= 11 is 0. The zero-order valence-electron chi connectivity index (χ0n) is 14.7. The molecular weight excluding hydrogens is 328 g/mol. The fourth-order valence-electron chi connectivity index (χ4n) is 3.41. The molecule has 1 aliphatic heterocycles. The standard InChI is InChI=1S/C19H22N6O/c1-26-19-8-3-2-7-18(19)24-11-9-15(10-12-24)21-16-5-4-6-17(13-16)25-14-20-22-23-25/h2-8,13-15,21H,9-12H2,1H3. The first-order valence-corrected chi connectivity index (χ1v) is 8.81. The zero-order valence-corrected chi connectivity index (χ0v) is 14.7. The van der Waals surface area contributed by atoms with Crippen LogP contribution in [0.15, 0.2) is 54.9 Å². The lowest BCUT2D eigenvalue weighted by Crippen LogP contribution is -2.39. The quantitative estimate of drug-likeness (QED) is 0.763. The lowest BCUT2D eigenvalue weighted by Gasteiger charge is -2.35. The molecule has 0 amide bonds. The highest BCUT2D eigenvalue weighted by Crippen LogP contribution is 2.30. The predicted octanol–water partition coefficient (Wildman–Crippen LogP) is 2.75. The van der Waals surface area contributed by atoms with Crippen molar-refractivity contribution in [1.29, 1.82) is 0 Å². The molecule has 0 atom stereocenters. The summed E-state index contributed by atoms with van der Waals surface area (Å²) in [6.45, 7) is 2.01. The van der Waals surface area contributed by atoms with Gasteiger partial charge in [-0.25, -0.2) is 4.68 Å². The molecule has 26 heavy (non-hydrogen) atoms. The van der Waals surface area contributed by atoms with Crippen molar-refractivity contribution in [1.82, 2.24) is 20.2 Å². The van der Waals surface area contributed by atoms with Gasteiger partial charge in [0.15, 0.2) is 0 Å². The van der Waals surface area contributed by atoms with Gasteiger partial charge >= 0.3 is 0 Å². The summed E-state index contributed by atoms with van der Waals surface area (Å²) in [7, 11) is 1.73. The van der Waals surface area contributed by atoms with Crippen LogP contribution in [0.25, 0.3) is 5.69 Å². The number of piperidine rings is 1. The molecule has 2 heterocycles. The van der Waals surface area contributed by atoms with Crippen LogP contribution < -0.4 is 15.0 Å². The molecule has 0 unspecified atom stereocenters. The number of nitrogens with one attached hydrogen (secondary N) is 1. The second kappa shape index (κ2) is 7.43. The van der Waals surface area contributed by atoms with Crippen molar-refractivity contribution in [2.45, 2.75) is 18.9 Å². The van der Waals surface area contributed by atoms with E-state index in [0.29, 0.717) is 6.04 Å². The second-order valence-corrected chi connectivity index (χ2v) is 6.38. The highest BCUT2D eigenvalue weighted by atomic mass is 16.5. The fourth-order valence-corrected chi connectivity index (χ4v) is 3.41. The number of tetrazole rings is 1. The zero-order chi connectivity index (χ0) is 17.8. The summed E-state index contributed by atoms with van der Waals surface area (Å²) < 4.78 is 7.16. The summed E-state index contributed by atoms with van der Waals surface area (Å²) in [4.78, 5) is 2.40. The average molecular weight is 350 g/mol. The molecule has 1 aliphatic rings. The number of hydrogen-bond acceptors (Lipinski definition) is 6. The van der Waals surface area contributed by atoms with Crippen LogP contribution in [0.1, 0.15) is 12.8 Å². The Morgan fingerprint density at radius 3 is 2.69 bits per heavy atom. The van der Waals surface area contributed by atoms with E-state index in [1.807, 2.05) is 24.3 Å². The van der Waals surface area contributed by atoms with E-state index in [2.05, 4.69) is 50.0 Å². The number of ether oxygens (including phenoxy) is 1. The Morgan fingerprint density at radius 2 is 1.92 bits per heavy atom. The Bertz CT molecular complexity index is 843. The molecule has 0 spiro atoms. The minimum absolute atomic E-state index is 0.449. The minimum Gasteiger partial charge on any atom is -0.495 e. The highest BCUT2D eigenvalue weighted by molar-refractivity contribution is 5.59. The third-order valence-corrected chi connectivity index (χ3v) is 4.75. The number of benzene rings is 2. The van der Waals surface area contributed by atoms with Crippen molar-refractivity contribution < 1.29 is 4.74 Å². The summed E-state index contributed by atoms with van der Waals surface area (Å²) in [5.74, 6) is 0.938. The fraction of sp³-hybridized carbons (Fsp3) is 0.316. The van der Waals surface area contributed by atoms with Gasteiger partial charge in [-0.3, -0.25) is 0 Å². The molecule has 134 valence electrons. The van der Waals surface area contributed by atoms with Gasteiger partial charge in [0.2, 0.25) is 0 Å². The van der Waals surface area contributed by atoms with Crippen LogP contribution in [-0.4, -0.2) is 46.4 Å². The largest absolute Gasteiger partial charge is 0.495 e. The average Bonchev–Trinajstić information content (AvgIpc) is 3.24. The Morgan fingerprint density at radius 1 is 1.08 bits per heavy atom. The molecule has 0 saturated carbocycles. The van der Waals surface area contributed by atoms with E-state index in [9.17, 15) is 0 Å². The molecule has 2 aromatic carbocycles. The van der Waals surface area contributed by atoms with Gasteiger partial charge in [0.25, 0.3) is 0 Å². The Hall–Kier alpha value is -3.09. The molecule has 7 heteroatoms. The van der Waals surface area contributed by atoms with Crippen molar-refractivity contribution in [2.24, 2.45) is 0 Å². The first kappa shape index (κ1) is 16.4. The number of methoxy groups -OCH3 is 1. The van der Waals surface area contributed by atoms with Gasteiger partial charge in [-0.15, -0.1) is 5.10 Å². The first-order valence-electron chi connectivity index (χ1n) is 8.81. The number of anilines is 2. The van der Waals surface area contributed by atoms with Crippen LogP contribution in [0.4, 0.5) is 11.4 Å².